The fraction of sp³-hybridized carbons (Fsp3) is 1.00. The van der Waals surface area contributed by atoms with Crippen molar-refractivity contribution in [2.75, 3.05) is 0 Å². The quantitative estimate of drug-likeness (QED) is 0.162. The standard InChI is InChI=1S/C23H48O4S.K/c1-3-5-7-11-14-18-22(24)19-15-12-9-10-13-17-21-23(28(25,26)27)20-16-8-6-4-2;/h22-24H,3-21H2,1-2H3,(H,25,26,27);/q;+1/p-1. The van der Waals surface area contributed by atoms with Crippen LogP contribution < -0.4 is 51.4 Å². The summed E-state index contributed by atoms with van der Waals surface area (Å²) in [5.41, 5.74) is 0. The normalized spacial score (nSPS) is 13.8. The Morgan fingerprint density at radius 3 is 1.31 bits per heavy atom. The summed E-state index contributed by atoms with van der Waals surface area (Å²) < 4.78 is 34.2. The summed E-state index contributed by atoms with van der Waals surface area (Å²) in [7, 11) is -4.15. The number of aliphatic hydroxyl groups is 1. The van der Waals surface area contributed by atoms with Crippen LogP contribution in [0, 0.1) is 0 Å². The largest absolute Gasteiger partial charge is 1.00 e. The number of rotatable bonds is 21. The second-order valence-corrected chi connectivity index (χ2v) is 10.2. The van der Waals surface area contributed by atoms with Gasteiger partial charge in [0.05, 0.1) is 16.2 Å². The molecule has 0 aromatic heterocycles. The summed E-state index contributed by atoms with van der Waals surface area (Å²) in [4.78, 5) is 0. The molecule has 170 valence electrons. The van der Waals surface area contributed by atoms with Crippen LogP contribution >= 0.6 is 0 Å². The second kappa shape index (κ2) is 22.7. The summed E-state index contributed by atoms with van der Waals surface area (Å²) in [5.74, 6) is 0. The topological polar surface area (TPSA) is 77.4 Å². The summed E-state index contributed by atoms with van der Waals surface area (Å²) in [6.45, 7) is 4.34. The second-order valence-electron chi connectivity index (χ2n) is 8.52. The minimum absolute atomic E-state index is 0. The number of hydrogen-bond donors (Lipinski definition) is 1. The molecule has 0 spiro atoms. The third kappa shape index (κ3) is 22.5. The average molecular weight is 459 g/mol. The van der Waals surface area contributed by atoms with E-state index in [0.29, 0.717) is 12.8 Å². The van der Waals surface area contributed by atoms with E-state index >= 15 is 0 Å². The van der Waals surface area contributed by atoms with E-state index in [2.05, 4.69) is 13.8 Å². The van der Waals surface area contributed by atoms with Crippen LogP contribution in [0.1, 0.15) is 136 Å². The van der Waals surface area contributed by atoms with Crippen LogP contribution in [0.4, 0.5) is 0 Å². The molecule has 0 aliphatic rings. The molecule has 4 nitrogen and oxygen atoms in total. The maximum absolute atomic E-state index is 11.4. The Morgan fingerprint density at radius 1 is 0.621 bits per heavy atom. The molecule has 0 aromatic rings. The Hall–Kier alpha value is 1.51. The van der Waals surface area contributed by atoms with Crippen molar-refractivity contribution < 1.29 is 69.5 Å². The molecule has 0 aromatic carbocycles. The number of aliphatic hydroxyl groups excluding tert-OH is 1. The molecule has 2 unspecified atom stereocenters. The fourth-order valence-electron chi connectivity index (χ4n) is 3.82. The van der Waals surface area contributed by atoms with E-state index in [4.69, 9.17) is 0 Å². The van der Waals surface area contributed by atoms with E-state index in [1.807, 2.05) is 0 Å². The van der Waals surface area contributed by atoms with E-state index in [9.17, 15) is 18.1 Å². The first-order valence-electron chi connectivity index (χ1n) is 12.0. The smallest absolute Gasteiger partial charge is 0.748 e. The Balaban J connectivity index is 0. The van der Waals surface area contributed by atoms with Gasteiger partial charge in [0.1, 0.15) is 0 Å². The van der Waals surface area contributed by atoms with Gasteiger partial charge in [0, 0.05) is 5.25 Å². The van der Waals surface area contributed by atoms with Crippen LogP contribution in [0.3, 0.4) is 0 Å². The van der Waals surface area contributed by atoms with Gasteiger partial charge in [-0.15, -0.1) is 0 Å². The zero-order chi connectivity index (χ0) is 21.1. The Bertz CT molecular complexity index is 429. The van der Waals surface area contributed by atoms with Gasteiger partial charge in [0.2, 0.25) is 0 Å². The van der Waals surface area contributed by atoms with Gasteiger partial charge in [-0.2, -0.15) is 0 Å². The molecule has 0 saturated carbocycles. The van der Waals surface area contributed by atoms with E-state index in [1.54, 1.807) is 0 Å². The third-order valence-electron chi connectivity index (χ3n) is 5.74. The maximum Gasteiger partial charge on any atom is 1.00 e. The van der Waals surface area contributed by atoms with Gasteiger partial charge in [-0.05, 0) is 25.7 Å². The minimum Gasteiger partial charge on any atom is -0.748 e. The Labute approximate surface area is 224 Å². The molecular formula is C23H47KO4S. The molecule has 2 atom stereocenters. The van der Waals surface area contributed by atoms with Crippen LogP contribution in [-0.2, 0) is 10.1 Å². The summed E-state index contributed by atoms with van der Waals surface area (Å²) in [6.07, 6.45) is 19.3. The van der Waals surface area contributed by atoms with Crippen LogP contribution in [0.15, 0.2) is 0 Å². The molecule has 0 radical (unpaired) electrons. The number of unbranched alkanes of at least 4 members (excludes halogenated alkanes) is 12. The first-order chi connectivity index (χ1) is 13.4. The average Bonchev–Trinajstić information content (AvgIpc) is 2.64. The summed E-state index contributed by atoms with van der Waals surface area (Å²) >= 11 is 0. The van der Waals surface area contributed by atoms with Crippen molar-refractivity contribution in [2.24, 2.45) is 0 Å². The van der Waals surface area contributed by atoms with Crippen LogP contribution in [0.2, 0.25) is 0 Å². The molecule has 0 heterocycles. The van der Waals surface area contributed by atoms with E-state index < -0.39 is 15.4 Å². The van der Waals surface area contributed by atoms with Crippen LogP contribution in [-0.4, -0.2) is 29.4 Å². The minimum atomic E-state index is -4.15. The fourth-order valence-corrected chi connectivity index (χ4v) is 4.73. The van der Waals surface area contributed by atoms with Crippen molar-refractivity contribution in [3.8, 4) is 0 Å². The van der Waals surface area contributed by atoms with Gasteiger partial charge in [-0.3, -0.25) is 0 Å². The van der Waals surface area contributed by atoms with Crippen molar-refractivity contribution in [3.05, 3.63) is 0 Å². The molecule has 0 bridgehead atoms. The molecular weight excluding hydrogens is 411 g/mol. The third-order valence-corrected chi connectivity index (χ3v) is 7.03. The molecule has 29 heavy (non-hydrogen) atoms. The van der Waals surface area contributed by atoms with Gasteiger partial charge < -0.3 is 9.66 Å². The van der Waals surface area contributed by atoms with Gasteiger partial charge in [-0.25, -0.2) is 8.42 Å². The summed E-state index contributed by atoms with van der Waals surface area (Å²) in [5, 5.41) is 9.32. The Kier molecular flexibility index (Phi) is 25.6. The monoisotopic (exact) mass is 458 g/mol. The van der Waals surface area contributed by atoms with Crippen LogP contribution in [0.25, 0.3) is 0 Å². The molecule has 0 aliphatic heterocycles. The van der Waals surface area contributed by atoms with Crippen LogP contribution in [0.5, 0.6) is 0 Å². The predicted molar refractivity (Wildman–Crippen MR) is 119 cm³/mol. The maximum atomic E-state index is 11.4. The molecule has 1 N–H and O–H groups in total. The predicted octanol–water partition coefficient (Wildman–Crippen LogP) is 3.72. The van der Waals surface area contributed by atoms with Gasteiger partial charge >= 0.3 is 51.4 Å². The molecule has 0 rings (SSSR count). The number of hydrogen-bond acceptors (Lipinski definition) is 4. The zero-order valence-electron chi connectivity index (χ0n) is 19.7. The molecule has 0 saturated heterocycles. The van der Waals surface area contributed by atoms with E-state index in [1.165, 1.54) is 25.7 Å². The molecule has 0 fully saturated rings. The van der Waals surface area contributed by atoms with E-state index in [-0.39, 0.29) is 57.5 Å². The molecule has 0 aliphatic carbocycles. The van der Waals surface area contributed by atoms with Crippen molar-refractivity contribution in [2.45, 2.75) is 147 Å². The van der Waals surface area contributed by atoms with Gasteiger partial charge in [-0.1, -0.05) is 110 Å². The molecule has 0 amide bonds. The van der Waals surface area contributed by atoms with Gasteiger partial charge in [0.25, 0.3) is 0 Å². The van der Waals surface area contributed by atoms with Gasteiger partial charge in [0.15, 0.2) is 0 Å². The van der Waals surface area contributed by atoms with Crippen molar-refractivity contribution in [3.63, 3.8) is 0 Å². The van der Waals surface area contributed by atoms with E-state index in [0.717, 1.165) is 83.5 Å². The first kappa shape index (κ1) is 32.7. The van der Waals surface area contributed by atoms with Crippen molar-refractivity contribution in [1.82, 2.24) is 0 Å². The van der Waals surface area contributed by atoms with Crippen molar-refractivity contribution in [1.29, 1.82) is 0 Å². The molecule has 6 heteroatoms. The summed E-state index contributed by atoms with van der Waals surface area (Å²) in [6, 6.07) is 0. The SMILES string of the molecule is CCCCCCCC(O)CCCCCCCCC(CCCCCC)S(=O)(=O)[O-].[K+]. The Morgan fingerprint density at radius 2 is 0.931 bits per heavy atom. The zero-order valence-corrected chi connectivity index (χ0v) is 23.6. The van der Waals surface area contributed by atoms with Crippen molar-refractivity contribution >= 4 is 10.1 Å². The first-order valence-corrected chi connectivity index (χ1v) is 13.5.